The van der Waals surface area contributed by atoms with E-state index >= 15 is 0 Å². The summed E-state index contributed by atoms with van der Waals surface area (Å²) in [6, 6.07) is 0. The van der Waals surface area contributed by atoms with E-state index in [9.17, 15) is 48.6 Å². The average Bonchev–Trinajstić information content (AvgIpc) is 3.11. The molecule has 2 aliphatic rings. The fourth-order valence-corrected chi connectivity index (χ4v) is 5.37. The lowest BCUT2D eigenvalue weighted by molar-refractivity contribution is -0.276. The van der Waals surface area contributed by atoms with E-state index in [4.69, 9.17) is 9.47 Å². The van der Waals surface area contributed by atoms with Crippen molar-refractivity contribution in [3.05, 3.63) is 32.6 Å². The van der Waals surface area contributed by atoms with E-state index in [1.54, 1.807) is 0 Å². The molecule has 2 aliphatic heterocycles. The minimum absolute atomic E-state index is 0.171. The van der Waals surface area contributed by atoms with Gasteiger partial charge in [-0.15, -0.1) is 0 Å². The number of carbonyl (C=O) groups excluding carboxylic acids is 1. The van der Waals surface area contributed by atoms with Gasteiger partial charge in [0.25, 0.3) is 21.2 Å². The van der Waals surface area contributed by atoms with Gasteiger partial charge >= 0.3 is 5.69 Å². The minimum Gasteiger partial charge on any atom is -0.756 e. The SMILES string of the molecule is Cc1cn([C@H]2C[C@H](O)[C@@H](COP(=O)([O-])OP(=O)([O-])OC3O[C@H](C)C(=O)[C@H](O)[C@H]3O)O2)c(=O)[nH]c1=O. The number of rotatable bonds is 8. The molecule has 3 heterocycles. The molecule has 3 rings (SSSR count). The standard InChI is InChI=1S/C16H24N2O15P2/c1-6-4-18(16(24)17-14(6)23)10-3-8(19)9(31-10)5-29-34(25,26)33-35(27,28)32-15-13(22)12(21)11(20)7(2)30-15/h4,7-10,12-13,15,19,21-22H,3,5H2,1-2H3,(H,25,26)(H,27,28)(H,17,23,24)/p-2/t7-,8+,9-,10-,12+,13-,15?/m1/s1. The van der Waals surface area contributed by atoms with Crippen LogP contribution in [0.1, 0.15) is 25.1 Å². The van der Waals surface area contributed by atoms with Crippen molar-refractivity contribution in [1.82, 2.24) is 9.55 Å². The minimum atomic E-state index is -5.79. The largest absolute Gasteiger partial charge is 0.756 e. The average molecular weight is 544 g/mol. The number of ketones is 1. The van der Waals surface area contributed by atoms with Gasteiger partial charge in [0.2, 0.25) is 0 Å². The second-order valence-corrected chi connectivity index (χ2v) is 10.7. The summed E-state index contributed by atoms with van der Waals surface area (Å²) in [6.45, 7) is 1.63. The number of H-pyrrole nitrogens is 1. The van der Waals surface area contributed by atoms with Gasteiger partial charge in [-0.1, -0.05) is 0 Å². The number of aromatic nitrogens is 2. The van der Waals surface area contributed by atoms with Gasteiger partial charge in [-0.25, -0.2) is 9.11 Å². The first-order valence-corrected chi connectivity index (χ1v) is 12.9. The Morgan fingerprint density at radius 1 is 1.17 bits per heavy atom. The highest BCUT2D eigenvalue weighted by atomic mass is 31.3. The first kappa shape index (κ1) is 28.0. The van der Waals surface area contributed by atoms with E-state index < -0.39 is 82.3 Å². The number of ether oxygens (including phenoxy) is 2. The molecule has 0 spiro atoms. The van der Waals surface area contributed by atoms with E-state index in [0.717, 1.165) is 11.5 Å². The molecule has 19 heteroatoms. The van der Waals surface area contributed by atoms with Crippen molar-refractivity contribution in [3.63, 3.8) is 0 Å². The van der Waals surface area contributed by atoms with E-state index in [1.165, 1.54) is 13.1 Å². The van der Waals surface area contributed by atoms with Crippen molar-refractivity contribution in [2.24, 2.45) is 0 Å². The van der Waals surface area contributed by atoms with Crippen LogP contribution in [0.4, 0.5) is 0 Å². The number of hydrogen-bond donors (Lipinski definition) is 4. The second-order valence-electron chi connectivity index (χ2n) is 7.77. The summed E-state index contributed by atoms with van der Waals surface area (Å²) >= 11 is 0. The summed E-state index contributed by atoms with van der Waals surface area (Å²) in [5.74, 6) is -0.954. The Hall–Kier alpha value is -1.59. The molecule has 9 atom stereocenters. The lowest BCUT2D eigenvalue weighted by atomic mass is 10.0. The third kappa shape index (κ3) is 6.60. The molecular weight excluding hydrogens is 522 g/mol. The molecular formula is C16H22N2O15P2-2. The number of carbonyl (C=O) groups is 1. The fourth-order valence-electron chi connectivity index (χ4n) is 3.29. The van der Waals surface area contributed by atoms with Crippen LogP contribution in [0.5, 0.6) is 0 Å². The summed E-state index contributed by atoms with van der Waals surface area (Å²) in [6.07, 6.45) is -10.5. The van der Waals surface area contributed by atoms with Gasteiger partial charge in [0.05, 0.1) is 12.7 Å². The van der Waals surface area contributed by atoms with Gasteiger partial charge in [-0.05, 0) is 13.8 Å². The van der Waals surface area contributed by atoms with Crippen molar-refractivity contribution in [1.29, 1.82) is 0 Å². The number of aliphatic hydroxyl groups excluding tert-OH is 3. The van der Waals surface area contributed by atoms with Crippen LogP contribution in [0.3, 0.4) is 0 Å². The second kappa shape index (κ2) is 10.4. The topological polar surface area (TPSA) is 259 Å². The van der Waals surface area contributed by atoms with Crippen LogP contribution >= 0.6 is 15.6 Å². The number of aromatic amines is 1. The molecule has 17 nitrogen and oxygen atoms in total. The molecule has 0 bridgehead atoms. The van der Waals surface area contributed by atoms with Crippen molar-refractivity contribution in [3.8, 4) is 0 Å². The van der Waals surface area contributed by atoms with E-state index in [-0.39, 0.29) is 12.0 Å². The summed E-state index contributed by atoms with van der Waals surface area (Å²) in [7, 11) is -11.4. The number of nitrogens with zero attached hydrogens (tertiary/aromatic N) is 1. The highest BCUT2D eigenvalue weighted by Gasteiger charge is 2.44. The van der Waals surface area contributed by atoms with Gasteiger partial charge in [0.15, 0.2) is 12.1 Å². The first-order chi connectivity index (χ1) is 16.1. The molecule has 0 saturated carbocycles. The molecule has 0 aromatic carbocycles. The number of hydrogen-bond acceptors (Lipinski definition) is 15. The van der Waals surface area contributed by atoms with Gasteiger partial charge in [-0.3, -0.25) is 32.8 Å². The number of phosphoric acid groups is 2. The molecule has 2 saturated heterocycles. The third-order valence-electron chi connectivity index (χ3n) is 5.12. The van der Waals surface area contributed by atoms with Crippen molar-refractivity contribution in [2.45, 2.75) is 63.3 Å². The predicted molar refractivity (Wildman–Crippen MR) is 105 cm³/mol. The first-order valence-electron chi connectivity index (χ1n) is 9.97. The van der Waals surface area contributed by atoms with Crippen molar-refractivity contribution in [2.75, 3.05) is 6.61 Å². The van der Waals surface area contributed by atoms with Crippen LogP contribution in [0.25, 0.3) is 0 Å². The molecule has 198 valence electrons. The molecule has 35 heavy (non-hydrogen) atoms. The fraction of sp³-hybridized carbons (Fsp3) is 0.688. The zero-order chi connectivity index (χ0) is 26.3. The molecule has 0 aliphatic carbocycles. The maximum atomic E-state index is 12.0. The van der Waals surface area contributed by atoms with E-state index in [2.05, 4.69) is 13.4 Å². The van der Waals surface area contributed by atoms with Gasteiger partial charge in [0, 0.05) is 18.2 Å². The monoisotopic (exact) mass is 544 g/mol. The molecule has 3 unspecified atom stereocenters. The summed E-state index contributed by atoms with van der Waals surface area (Å²) < 4.78 is 47.8. The van der Waals surface area contributed by atoms with Crippen molar-refractivity contribution < 1.29 is 61.9 Å². The predicted octanol–water partition coefficient (Wildman–Crippen LogP) is -3.48. The van der Waals surface area contributed by atoms with Gasteiger partial charge in [-0.2, -0.15) is 0 Å². The molecule has 2 fully saturated rings. The number of aryl methyl sites for hydroxylation is 1. The Morgan fingerprint density at radius 3 is 2.49 bits per heavy atom. The Morgan fingerprint density at radius 2 is 1.83 bits per heavy atom. The Kier molecular flexibility index (Phi) is 8.33. The third-order valence-corrected chi connectivity index (χ3v) is 7.65. The molecule has 1 aromatic rings. The smallest absolute Gasteiger partial charge is 0.330 e. The van der Waals surface area contributed by atoms with Crippen LogP contribution in [0, 0.1) is 6.92 Å². The molecule has 0 radical (unpaired) electrons. The van der Waals surface area contributed by atoms with E-state index in [0.29, 0.717) is 0 Å². The Labute approximate surface area is 196 Å². The normalized spacial score (nSPS) is 34.9. The van der Waals surface area contributed by atoms with Crippen LogP contribution in [0.15, 0.2) is 15.8 Å². The van der Waals surface area contributed by atoms with Crippen LogP contribution in [0.2, 0.25) is 0 Å². The summed E-state index contributed by atoms with van der Waals surface area (Å²) in [4.78, 5) is 61.0. The summed E-state index contributed by atoms with van der Waals surface area (Å²) in [5.41, 5.74) is -1.29. The van der Waals surface area contributed by atoms with Crippen LogP contribution in [-0.4, -0.2) is 74.1 Å². The van der Waals surface area contributed by atoms with Gasteiger partial charge < -0.3 is 39.1 Å². The molecule has 4 N–H and O–H groups in total. The van der Waals surface area contributed by atoms with Gasteiger partial charge in [0.1, 0.15) is 30.6 Å². The number of Topliss-reactive ketones (excluding diaryl/α,β-unsaturated/α-hetero) is 1. The highest BCUT2D eigenvalue weighted by molar-refractivity contribution is 7.59. The maximum absolute atomic E-state index is 12.0. The number of aliphatic hydroxyl groups is 3. The zero-order valence-electron chi connectivity index (χ0n) is 18.1. The molecule has 0 amide bonds. The lowest BCUT2D eigenvalue weighted by Crippen LogP contribution is -2.54. The van der Waals surface area contributed by atoms with Crippen molar-refractivity contribution >= 4 is 21.4 Å². The molecule has 1 aromatic heterocycles. The van der Waals surface area contributed by atoms with E-state index in [1.807, 2.05) is 4.98 Å². The summed E-state index contributed by atoms with van der Waals surface area (Å²) in [5, 5.41) is 29.4. The lowest BCUT2D eigenvalue weighted by Gasteiger charge is -2.38. The Balaban J connectivity index is 1.59. The zero-order valence-corrected chi connectivity index (χ0v) is 19.9. The Bertz CT molecular complexity index is 1170. The van der Waals surface area contributed by atoms with Crippen LogP contribution < -0.4 is 21.0 Å². The number of nitrogens with one attached hydrogen (secondary N) is 1. The van der Waals surface area contributed by atoms with Crippen LogP contribution in [-0.2, 0) is 36.8 Å². The highest BCUT2D eigenvalue weighted by Crippen LogP contribution is 2.56. The number of phosphoric ester groups is 2. The maximum Gasteiger partial charge on any atom is 0.330 e. The quantitative estimate of drug-likeness (QED) is 0.232.